The van der Waals surface area contributed by atoms with Crippen LogP contribution in [-0.2, 0) is 20.7 Å². The van der Waals surface area contributed by atoms with Gasteiger partial charge >= 0.3 is 5.97 Å². The number of ether oxygens (including phenoxy) is 1. The third kappa shape index (κ3) is 4.28. The number of hydrogen-bond acceptors (Lipinski definition) is 7. The van der Waals surface area contributed by atoms with Crippen LogP contribution in [0.4, 0.5) is 11.8 Å². The standard InChI is InChI=1S/C18H20ClN5O3/c1-27-15(25)9-22-16(26)18(8-12-2-4-13(19)5-3-12)10-24(11-18)17-21-7-6-14(20)23-17/h2-7H,8-11H2,1H3,(H,22,26)(H2,20,21,23). The minimum atomic E-state index is -0.712. The number of carbonyl (C=O) groups is 2. The highest BCUT2D eigenvalue weighted by atomic mass is 35.5. The molecule has 0 unspecified atom stereocenters. The maximum absolute atomic E-state index is 12.8. The van der Waals surface area contributed by atoms with E-state index < -0.39 is 11.4 Å². The van der Waals surface area contributed by atoms with Crippen molar-refractivity contribution in [2.45, 2.75) is 6.42 Å². The molecule has 1 aliphatic heterocycles. The van der Waals surface area contributed by atoms with Crippen molar-refractivity contribution in [3.63, 3.8) is 0 Å². The zero-order valence-corrected chi connectivity index (χ0v) is 15.6. The largest absolute Gasteiger partial charge is 0.468 e. The molecular weight excluding hydrogens is 370 g/mol. The van der Waals surface area contributed by atoms with E-state index in [1.807, 2.05) is 17.0 Å². The highest BCUT2D eigenvalue weighted by molar-refractivity contribution is 6.30. The summed E-state index contributed by atoms with van der Waals surface area (Å²) in [6, 6.07) is 8.95. The molecule has 1 aromatic carbocycles. The van der Waals surface area contributed by atoms with Crippen LogP contribution in [0.2, 0.25) is 5.02 Å². The molecule has 1 amide bonds. The fourth-order valence-electron chi connectivity index (χ4n) is 3.08. The van der Waals surface area contributed by atoms with Crippen LogP contribution in [0.3, 0.4) is 0 Å². The second-order valence-electron chi connectivity index (χ2n) is 6.48. The van der Waals surface area contributed by atoms with Gasteiger partial charge in [-0.15, -0.1) is 0 Å². The highest BCUT2D eigenvalue weighted by Crippen LogP contribution is 2.37. The SMILES string of the molecule is COC(=O)CNC(=O)C1(Cc2ccc(Cl)cc2)CN(c2nccc(N)n2)C1. The maximum atomic E-state index is 12.8. The number of halogens is 1. The van der Waals surface area contributed by atoms with Crippen LogP contribution in [0.25, 0.3) is 0 Å². The average Bonchev–Trinajstić information content (AvgIpc) is 2.63. The van der Waals surface area contributed by atoms with E-state index in [2.05, 4.69) is 20.0 Å². The Bertz CT molecular complexity index is 837. The number of hydrogen-bond donors (Lipinski definition) is 2. The van der Waals surface area contributed by atoms with Gasteiger partial charge in [-0.05, 0) is 30.2 Å². The van der Waals surface area contributed by atoms with E-state index in [0.29, 0.717) is 36.3 Å². The van der Waals surface area contributed by atoms with Crippen molar-refractivity contribution in [3.05, 3.63) is 47.1 Å². The van der Waals surface area contributed by atoms with Gasteiger partial charge in [-0.1, -0.05) is 23.7 Å². The Kier molecular flexibility index (Phi) is 5.46. The number of nitrogens with one attached hydrogen (secondary N) is 1. The Morgan fingerprint density at radius 2 is 2.00 bits per heavy atom. The number of methoxy groups -OCH3 is 1. The first-order chi connectivity index (χ1) is 12.9. The normalized spacial score (nSPS) is 15.0. The van der Waals surface area contributed by atoms with Crippen molar-refractivity contribution in [1.29, 1.82) is 0 Å². The van der Waals surface area contributed by atoms with Crippen LogP contribution in [0.5, 0.6) is 0 Å². The molecule has 0 bridgehead atoms. The summed E-state index contributed by atoms with van der Waals surface area (Å²) in [7, 11) is 1.28. The molecule has 9 heteroatoms. The lowest BCUT2D eigenvalue weighted by atomic mass is 9.74. The van der Waals surface area contributed by atoms with Gasteiger partial charge in [-0.25, -0.2) is 4.98 Å². The second-order valence-corrected chi connectivity index (χ2v) is 6.92. The Labute approximate surface area is 161 Å². The number of nitrogens with zero attached hydrogens (tertiary/aromatic N) is 3. The Hall–Kier alpha value is -2.87. The molecule has 0 atom stereocenters. The predicted molar refractivity (Wildman–Crippen MR) is 101 cm³/mol. The van der Waals surface area contributed by atoms with Gasteiger partial charge in [0.1, 0.15) is 12.4 Å². The smallest absolute Gasteiger partial charge is 0.325 e. The van der Waals surface area contributed by atoms with Gasteiger partial charge in [0.25, 0.3) is 0 Å². The van der Waals surface area contributed by atoms with Gasteiger partial charge in [-0.3, -0.25) is 9.59 Å². The number of nitrogen functional groups attached to an aromatic ring is 1. The predicted octanol–water partition coefficient (Wildman–Crippen LogP) is 1.05. The minimum absolute atomic E-state index is 0.174. The lowest BCUT2D eigenvalue weighted by Gasteiger charge is -2.48. The van der Waals surface area contributed by atoms with Crippen molar-refractivity contribution >= 4 is 35.2 Å². The molecule has 27 heavy (non-hydrogen) atoms. The fourth-order valence-corrected chi connectivity index (χ4v) is 3.21. The number of aromatic nitrogens is 2. The fraction of sp³-hybridized carbons (Fsp3) is 0.333. The molecule has 0 saturated carbocycles. The number of carbonyl (C=O) groups excluding carboxylic acids is 2. The Morgan fingerprint density at radius 3 is 2.63 bits per heavy atom. The maximum Gasteiger partial charge on any atom is 0.325 e. The molecule has 1 saturated heterocycles. The summed E-state index contributed by atoms with van der Waals surface area (Å²) >= 11 is 5.94. The third-order valence-electron chi connectivity index (χ3n) is 4.49. The van der Waals surface area contributed by atoms with Crippen LogP contribution in [0.15, 0.2) is 36.5 Å². The second kappa shape index (κ2) is 7.79. The van der Waals surface area contributed by atoms with Crippen molar-refractivity contribution < 1.29 is 14.3 Å². The number of nitrogens with two attached hydrogens (primary N) is 1. The molecule has 0 radical (unpaired) electrons. The van der Waals surface area contributed by atoms with E-state index in [0.717, 1.165) is 5.56 Å². The first-order valence-electron chi connectivity index (χ1n) is 8.35. The molecule has 3 rings (SSSR count). The number of amides is 1. The minimum Gasteiger partial charge on any atom is -0.468 e. The van der Waals surface area contributed by atoms with Crippen LogP contribution in [0, 0.1) is 5.41 Å². The van der Waals surface area contributed by atoms with Gasteiger partial charge in [0.2, 0.25) is 11.9 Å². The Balaban J connectivity index is 1.76. The van der Waals surface area contributed by atoms with Crippen molar-refractivity contribution in [2.24, 2.45) is 5.41 Å². The molecule has 1 fully saturated rings. The van der Waals surface area contributed by atoms with E-state index in [9.17, 15) is 9.59 Å². The van der Waals surface area contributed by atoms with Gasteiger partial charge in [0, 0.05) is 24.3 Å². The van der Waals surface area contributed by atoms with Gasteiger partial charge < -0.3 is 20.7 Å². The molecule has 2 heterocycles. The first-order valence-corrected chi connectivity index (χ1v) is 8.73. The van der Waals surface area contributed by atoms with Crippen LogP contribution in [-0.4, -0.2) is 48.6 Å². The van der Waals surface area contributed by atoms with Crippen LogP contribution < -0.4 is 16.0 Å². The summed E-state index contributed by atoms with van der Waals surface area (Å²) in [5.41, 5.74) is 5.98. The number of esters is 1. The third-order valence-corrected chi connectivity index (χ3v) is 4.74. The van der Waals surface area contributed by atoms with E-state index in [4.69, 9.17) is 17.3 Å². The highest BCUT2D eigenvalue weighted by Gasteiger charge is 2.50. The Morgan fingerprint density at radius 1 is 1.30 bits per heavy atom. The van der Waals surface area contributed by atoms with E-state index in [1.54, 1.807) is 24.4 Å². The number of anilines is 2. The zero-order valence-electron chi connectivity index (χ0n) is 14.8. The number of rotatable bonds is 6. The first kappa shape index (κ1) is 18.9. The molecule has 0 aliphatic carbocycles. The van der Waals surface area contributed by atoms with Crippen LogP contribution >= 0.6 is 11.6 Å². The topological polar surface area (TPSA) is 110 Å². The molecule has 142 valence electrons. The van der Waals surface area contributed by atoms with Gasteiger partial charge in [-0.2, -0.15) is 4.98 Å². The summed E-state index contributed by atoms with van der Waals surface area (Å²) in [6.45, 7) is 0.644. The lowest BCUT2D eigenvalue weighted by molar-refractivity contribution is -0.143. The zero-order chi connectivity index (χ0) is 19.4. The molecule has 3 N–H and O–H groups in total. The molecule has 2 aromatic rings. The van der Waals surface area contributed by atoms with E-state index in [1.165, 1.54) is 7.11 Å². The van der Waals surface area contributed by atoms with Crippen molar-refractivity contribution in [2.75, 3.05) is 37.4 Å². The quantitative estimate of drug-likeness (QED) is 0.710. The van der Waals surface area contributed by atoms with Crippen molar-refractivity contribution in [3.8, 4) is 0 Å². The summed E-state index contributed by atoms with van der Waals surface area (Å²) in [6.07, 6.45) is 2.07. The van der Waals surface area contributed by atoms with Crippen LogP contribution in [0.1, 0.15) is 5.56 Å². The summed E-state index contributed by atoms with van der Waals surface area (Å²) in [5.74, 6) is 0.121. The molecule has 8 nitrogen and oxygen atoms in total. The van der Waals surface area contributed by atoms with Gasteiger partial charge in [0.05, 0.1) is 12.5 Å². The van der Waals surface area contributed by atoms with E-state index >= 15 is 0 Å². The summed E-state index contributed by atoms with van der Waals surface area (Å²) in [4.78, 5) is 34.5. The molecule has 1 aliphatic rings. The van der Waals surface area contributed by atoms with Gasteiger partial charge in [0.15, 0.2) is 0 Å². The molecular formula is C18H20ClN5O3. The van der Waals surface area contributed by atoms with Crippen molar-refractivity contribution in [1.82, 2.24) is 15.3 Å². The average molecular weight is 390 g/mol. The van der Waals surface area contributed by atoms with E-state index in [-0.39, 0.29) is 12.5 Å². The lowest BCUT2D eigenvalue weighted by Crippen LogP contribution is -2.65. The summed E-state index contributed by atoms with van der Waals surface area (Å²) in [5, 5.41) is 3.29. The number of benzene rings is 1. The monoisotopic (exact) mass is 389 g/mol. The summed E-state index contributed by atoms with van der Waals surface area (Å²) < 4.78 is 4.59. The molecule has 1 aromatic heterocycles. The molecule has 0 spiro atoms.